The van der Waals surface area contributed by atoms with Gasteiger partial charge < -0.3 is 14.3 Å². The van der Waals surface area contributed by atoms with E-state index in [1.807, 2.05) is 47.8 Å². The minimum Gasteiger partial charge on any atom is -0.479 e. The third-order valence-corrected chi connectivity index (χ3v) is 5.44. The van der Waals surface area contributed by atoms with Gasteiger partial charge in [-0.3, -0.25) is 4.79 Å². The van der Waals surface area contributed by atoms with Crippen molar-refractivity contribution in [2.75, 3.05) is 0 Å². The van der Waals surface area contributed by atoms with Crippen molar-refractivity contribution in [3.63, 3.8) is 0 Å². The molecular weight excluding hydrogens is 388 g/mol. The summed E-state index contributed by atoms with van der Waals surface area (Å²) in [5.74, 6) is -0.924. The van der Waals surface area contributed by atoms with Crippen LogP contribution in [-0.4, -0.2) is 17.2 Å². The summed E-state index contributed by atoms with van der Waals surface area (Å²) >= 11 is 1.39. The van der Waals surface area contributed by atoms with Gasteiger partial charge >= 0.3 is 5.97 Å². The van der Waals surface area contributed by atoms with Crippen LogP contribution in [0.1, 0.15) is 12.0 Å². The number of hydrogen-bond donors (Lipinski definition) is 1. The Kier molecular flexibility index (Phi) is 5.44. The number of aryl methyl sites for hydroxylation is 1. The molecule has 6 heteroatoms. The Bertz CT molecular complexity index is 1180. The Morgan fingerprint density at radius 1 is 1.03 bits per heavy atom. The fraction of sp³-hybridized carbons (Fsp3) is 0.130. The number of para-hydroxylation sites is 1. The van der Waals surface area contributed by atoms with Gasteiger partial charge in [-0.2, -0.15) is 0 Å². The third-order valence-electron chi connectivity index (χ3n) is 4.57. The maximum Gasteiger partial charge on any atom is 0.344 e. The molecule has 0 saturated heterocycles. The van der Waals surface area contributed by atoms with Gasteiger partial charge in [0.25, 0.3) is 0 Å². The van der Waals surface area contributed by atoms with E-state index < -0.39 is 12.1 Å². The molecule has 4 rings (SSSR count). The molecule has 29 heavy (non-hydrogen) atoms. The predicted molar refractivity (Wildman–Crippen MR) is 113 cm³/mol. The van der Waals surface area contributed by atoms with Crippen molar-refractivity contribution in [2.45, 2.75) is 18.9 Å². The minimum atomic E-state index is -1.17. The smallest absolute Gasteiger partial charge is 0.344 e. The van der Waals surface area contributed by atoms with E-state index in [0.717, 1.165) is 5.56 Å². The quantitative estimate of drug-likeness (QED) is 0.468. The summed E-state index contributed by atoms with van der Waals surface area (Å²) in [5.41, 5.74) is 1.07. The number of hydrogen-bond acceptors (Lipinski definition) is 5. The van der Waals surface area contributed by atoms with Crippen molar-refractivity contribution in [2.24, 2.45) is 0 Å². The first-order valence-corrected chi connectivity index (χ1v) is 10.0. The van der Waals surface area contributed by atoms with E-state index in [0.29, 0.717) is 22.3 Å². The monoisotopic (exact) mass is 406 g/mol. The second-order valence-electron chi connectivity index (χ2n) is 6.53. The van der Waals surface area contributed by atoms with Crippen LogP contribution in [0.15, 0.2) is 81.3 Å². The number of benzene rings is 2. The normalized spacial score (nSPS) is 12.0. The van der Waals surface area contributed by atoms with Crippen LogP contribution in [0.3, 0.4) is 0 Å². The highest BCUT2D eigenvalue weighted by Gasteiger charge is 2.25. The highest BCUT2D eigenvalue weighted by molar-refractivity contribution is 7.13. The zero-order chi connectivity index (χ0) is 20.2. The lowest BCUT2D eigenvalue weighted by Crippen LogP contribution is -2.30. The minimum absolute atomic E-state index is 0.0633. The molecule has 0 aliphatic carbocycles. The highest BCUT2D eigenvalue weighted by atomic mass is 32.1. The Balaban J connectivity index is 1.73. The molecule has 2 heterocycles. The summed E-state index contributed by atoms with van der Waals surface area (Å²) < 4.78 is 11.7. The van der Waals surface area contributed by atoms with Gasteiger partial charge in [0.15, 0.2) is 11.9 Å². The third kappa shape index (κ3) is 4.07. The van der Waals surface area contributed by atoms with E-state index in [9.17, 15) is 14.7 Å². The number of fused-ring (bicyclic) bond motifs is 1. The summed E-state index contributed by atoms with van der Waals surface area (Å²) in [6, 6.07) is 20.1. The van der Waals surface area contributed by atoms with Crippen LogP contribution in [0.4, 0.5) is 0 Å². The number of carboxylic acid groups (broad SMARTS) is 1. The molecule has 4 aromatic rings. The van der Waals surface area contributed by atoms with Gasteiger partial charge in [-0.15, -0.1) is 11.3 Å². The Labute approximate surface area is 170 Å². The van der Waals surface area contributed by atoms with E-state index in [1.54, 1.807) is 24.3 Å². The molecule has 0 aliphatic rings. The van der Waals surface area contributed by atoms with Crippen molar-refractivity contribution >= 4 is 28.3 Å². The lowest BCUT2D eigenvalue weighted by Gasteiger charge is -2.17. The van der Waals surface area contributed by atoms with Crippen LogP contribution >= 0.6 is 11.3 Å². The van der Waals surface area contributed by atoms with Crippen LogP contribution in [-0.2, 0) is 11.2 Å². The van der Waals surface area contributed by atoms with Gasteiger partial charge in [0.05, 0.1) is 10.3 Å². The summed E-state index contributed by atoms with van der Waals surface area (Å²) in [6.45, 7) is 0. The second kappa shape index (κ2) is 8.32. The van der Waals surface area contributed by atoms with Crippen LogP contribution in [0, 0.1) is 0 Å². The molecule has 0 amide bonds. The topological polar surface area (TPSA) is 76.7 Å². The molecule has 2 aromatic carbocycles. The van der Waals surface area contributed by atoms with E-state index >= 15 is 0 Å². The molecule has 1 unspecified atom stereocenters. The summed E-state index contributed by atoms with van der Waals surface area (Å²) in [7, 11) is 0. The van der Waals surface area contributed by atoms with Gasteiger partial charge in [-0.05, 0) is 42.0 Å². The molecule has 5 nitrogen and oxygen atoms in total. The number of carboxylic acids is 1. The summed E-state index contributed by atoms with van der Waals surface area (Å²) in [4.78, 5) is 25.7. The van der Waals surface area contributed by atoms with Crippen LogP contribution in [0.25, 0.3) is 21.6 Å². The van der Waals surface area contributed by atoms with E-state index in [-0.39, 0.29) is 23.4 Å². The molecule has 146 valence electrons. The molecule has 0 spiro atoms. The molecule has 0 aliphatic heterocycles. The largest absolute Gasteiger partial charge is 0.479 e. The first-order valence-electron chi connectivity index (χ1n) is 9.16. The SMILES string of the molecule is O=C(O)C(CCc1ccccc1)Oc1c(-c2cccs2)oc2ccccc2c1=O. The molecule has 2 aromatic heterocycles. The molecule has 0 bridgehead atoms. The molecular formula is C23H18O5S. The lowest BCUT2D eigenvalue weighted by molar-refractivity contribution is -0.145. The van der Waals surface area contributed by atoms with E-state index in [4.69, 9.17) is 9.15 Å². The van der Waals surface area contributed by atoms with Gasteiger partial charge in [0, 0.05) is 0 Å². The Morgan fingerprint density at radius 2 is 1.79 bits per heavy atom. The maximum atomic E-state index is 13.1. The average molecular weight is 406 g/mol. The van der Waals surface area contributed by atoms with Crippen molar-refractivity contribution in [1.82, 2.24) is 0 Å². The molecule has 1 N–H and O–H groups in total. The number of rotatable bonds is 7. The van der Waals surface area contributed by atoms with Crippen LogP contribution < -0.4 is 10.2 Å². The van der Waals surface area contributed by atoms with E-state index in [2.05, 4.69) is 0 Å². The van der Waals surface area contributed by atoms with Crippen molar-refractivity contribution in [3.05, 3.63) is 87.9 Å². The van der Waals surface area contributed by atoms with Gasteiger partial charge in [-0.25, -0.2) is 4.79 Å². The number of aliphatic carboxylic acids is 1. The molecule has 0 radical (unpaired) electrons. The zero-order valence-electron chi connectivity index (χ0n) is 15.4. The van der Waals surface area contributed by atoms with Crippen LogP contribution in [0.2, 0.25) is 0 Å². The van der Waals surface area contributed by atoms with Crippen molar-refractivity contribution < 1.29 is 19.1 Å². The zero-order valence-corrected chi connectivity index (χ0v) is 16.2. The Hall–Kier alpha value is -3.38. The van der Waals surface area contributed by atoms with E-state index in [1.165, 1.54) is 11.3 Å². The Morgan fingerprint density at radius 3 is 2.52 bits per heavy atom. The van der Waals surface area contributed by atoms with Crippen molar-refractivity contribution in [1.29, 1.82) is 0 Å². The second-order valence-corrected chi connectivity index (χ2v) is 7.48. The molecule has 0 fully saturated rings. The number of carbonyl (C=O) groups is 1. The van der Waals surface area contributed by atoms with Gasteiger partial charge in [0.2, 0.25) is 11.2 Å². The number of ether oxygens (including phenoxy) is 1. The highest BCUT2D eigenvalue weighted by Crippen LogP contribution is 2.34. The standard InChI is InChI=1S/C23H18O5S/c24-20-16-9-4-5-10-17(16)27-21(19-11-6-14-29-19)22(20)28-18(23(25)26)13-12-15-7-2-1-3-8-15/h1-11,14,18H,12-13H2,(H,25,26). The average Bonchev–Trinajstić information content (AvgIpc) is 3.27. The fourth-order valence-corrected chi connectivity index (χ4v) is 3.82. The summed E-state index contributed by atoms with van der Waals surface area (Å²) in [6.07, 6.45) is -0.418. The maximum absolute atomic E-state index is 13.1. The fourth-order valence-electron chi connectivity index (χ4n) is 3.12. The first-order chi connectivity index (χ1) is 14.1. The summed E-state index contributed by atoms with van der Waals surface area (Å²) in [5, 5.41) is 11.9. The number of thiophene rings is 1. The molecule has 0 saturated carbocycles. The molecule has 1 atom stereocenters. The van der Waals surface area contributed by atoms with Gasteiger partial charge in [-0.1, -0.05) is 48.5 Å². The predicted octanol–water partition coefficient (Wildman–Crippen LogP) is 4.99. The van der Waals surface area contributed by atoms with Crippen molar-refractivity contribution in [3.8, 4) is 16.4 Å². The lowest BCUT2D eigenvalue weighted by atomic mass is 10.1. The first kappa shape index (κ1) is 19.0. The van der Waals surface area contributed by atoms with Gasteiger partial charge in [0.1, 0.15) is 5.58 Å². The van der Waals surface area contributed by atoms with Crippen LogP contribution in [0.5, 0.6) is 5.75 Å².